The molecule has 0 amide bonds. The minimum absolute atomic E-state index is 0.0347. The molecule has 0 aliphatic heterocycles. The van der Waals surface area contributed by atoms with E-state index in [-0.39, 0.29) is 23.7 Å². The van der Waals surface area contributed by atoms with Crippen LogP contribution < -0.4 is 16.8 Å². The second-order valence-electron chi connectivity index (χ2n) is 6.05. The SMILES string of the molecule is Cc1csc2nc(Cn3c(=O)c(C#N)cn(C4CC4)c3=O)cc(=O)n12. The smallest absolute Gasteiger partial charge is 0.296 e. The van der Waals surface area contributed by atoms with Crippen LogP contribution in [-0.2, 0) is 6.54 Å². The monoisotopic (exact) mass is 355 g/mol. The van der Waals surface area contributed by atoms with Crippen molar-refractivity contribution in [1.29, 1.82) is 5.26 Å². The van der Waals surface area contributed by atoms with Gasteiger partial charge in [-0.25, -0.2) is 9.78 Å². The zero-order chi connectivity index (χ0) is 17.7. The molecule has 1 fully saturated rings. The first-order valence-electron chi connectivity index (χ1n) is 7.72. The third kappa shape index (κ3) is 2.51. The Morgan fingerprint density at radius 1 is 1.36 bits per heavy atom. The molecule has 3 heterocycles. The number of nitrogens with zero attached hydrogens (tertiary/aromatic N) is 5. The molecule has 1 aliphatic carbocycles. The van der Waals surface area contributed by atoms with Crippen LogP contribution in [0, 0.1) is 18.3 Å². The van der Waals surface area contributed by atoms with Crippen molar-refractivity contribution in [3.8, 4) is 6.07 Å². The van der Waals surface area contributed by atoms with Gasteiger partial charge in [-0.3, -0.25) is 23.1 Å². The van der Waals surface area contributed by atoms with E-state index in [4.69, 9.17) is 5.26 Å². The first-order chi connectivity index (χ1) is 12.0. The van der Waals surface area contributed by atoms with Crippen LogP contribution in [0.4, 0.5) is 0 Å². The van der Waals surface area contributed by atoms with Crippen LogP contribution in [0.25, 0.3) is 4.96 Å². The molecule has 4 rings (SSSR count). The summed E-state index contributed by atoms with van der Waals surface area (Å²) in [4.78, 5) is 42.1. The third-order valence-corrected chi connectivity index (χ3v) is 5.15. The van der Waals surface area contributed by atoms with E-state index in [2.05, 4.69) is 4.98 Å². The van der Waals surface area contributed by atoms with Gasteiger partial charge >= 0.3 is 5.69 Å². The molecule has 126 valence electrons. The molecular weight excluding hydrogens is 342 g/mol. The summed E-state index contributed by atoms with van der Waals surface area (Å²) < 4.78 is 3.89. The molecule has 1 saturated carbocycles. The van der Waals surface area contributed by atoms with E-state index in [0.717, 1.165) is 23.1 Å². The quantitative estimate of drug-likeness (QED) is 0.686. The predicted octanol–water partition coefficient (Wildman–Crippen LogP) is 0.643. The lowest BCUT2D eigenvalue weighted by atomic mass is 10.3. The Labute approximate surface area is 144 Å². The lowest BCUT2D eigenvalue weighted by molar-refractivity contribution is 0.583. The highest BCUT2D eigenvalue weighted by Crippen LogP contribution is 2.33. The molecule has 1 aliphatic rings. The predicted molar refractivity (Wildman–Crippen MR) is 91.1 cm³/mol. The van der Waals surface area contributed by atoms with Crippen LogP contribution >= 0.6 is 11.3 Å². The van der Waals surface area contributed by atoms with E-state index < -0.39 is 11.2 Å². The minimum Gasteiger partial charge on any atom is -0.296 e. The Morgan fingerprint density at radius 3 is 2.80 bits per heavy atom. The average molecular weight is 355 g/mol. The summed E-state index contributed by atoms with van der Waals surface area (Å²) >= 11 is 1.32. The summed E-state index contributed by atoms with van der Waals surface area (Å²) in [7, 11) is 0. The molecular formula is C16H13N5O3S. The van der Waals surface area contributed by atoms with Gasteiger partial charge in [0.2, 0.25) is 0 Å². The number of aryl methyl sites for hydroxylation is 1. The van der Waals surface area contributed by atoms with Gasteiger partial charge in [-0.05, 0) is 19.8 Å². The number of rotatable bonds is 3. The van der Waals surface area contributed by atoms with Crippen molar-refractivity contribution in [2.24, 2.45) is 0 Å². The maximum Gasteiger partial charge on any atom is 0.331 e. The number of aromatic nitrogens is 4. The summed E-state index contributed by atoms with van der Waals surface area (Å²) in [5.41, 5.74) is -0.376. The molecule has 0 radical (unpaired) electrons. The fraction of sp³-hybridized carbons (Fsp3) is 0.312. The fourth-order valence-corrected chi connectivity index (χ4v) is 3.69. The molecule has 3 aromatic heterocycles. The highest BCUT2D eigenvalue weighted by molar-refractivity contribution is 7.15. The first kappa shape index (κ1) is 15.5. The van der Waals surface area contributed by atoms with Crippen LogP contribution in [0.2, 0.25) is 0 Å². The molecule has 3 aromatic rings. The van der Waals surface area contributed by atoms with Gasteiger partial charge in [-0.15, -0.1) is 11.3 Å². The molecule has 8 nitrogen and oxygen atoms in total. The lowest BCUT2D eigenvalue weighted by Crippen LogP contribution is -2.41. The van der Waals surface area contributed by atoms with Gasteiger partial charge in [-0.1, -0.05) is 0 Å². The summed E-state index contributed by atoms with van der Waals surface area (Å²) in [6.45, 7) is 1.67. The van der Waals surface area contributed by atoms with Gasteiger partial charge in [0.1, 0.15) is 11.6 Å². The Morgan fingerprint density at radius 2 is 2.12 bits per heavy atom. The van der Waals surface area contributed by atoms with Crippen molar-refractivity contribution >= 4 is 16.3 Å². The van der Waals surface area contributed by atoms with Crippen LogP contribution in [0.5, 0.6) is 0 Å². The number of thiazole rings is 1. The van der Waals surface area contributed by atoms with Gasteiger partial charge in [0, 0.05) is 29.4 Å². The van der Waals surface area contributed by atoms with Crippen molar-refractivity contribution in [2.45, 2.75) is 32.4 Å². The van der Waals surface area contributed by atoms with Crippen molar-refractivity contribution < 1.29 is 0 Å². The molecule has 0 spiro atoms. The van der Waals surface area contributed by atoms with Gasteiger partial charge < -0.3 is 0 Å². The summed E-state index contributed by atoms with van der Waals surface area (Å²) in [5.74, 6) is 0. The molecule has 0 N–H and O–H groups in total. The normalized spacial score (nSPS) is 13.9. The largest absolute Gasteiger partial charge is 0.331 e. The van der Waals surface area contributed by atoms with E-state index in [0.29, 0.717) is 10.7 Å². The van der Waals surface area contributed by atoms with Crippen LogP contribution in [0.15, 0.2) is 32.0 Å². The fourth-order valence-electron chi connectivity index (χ4n) is 2.80. The second-order valence-corrected chi connectivity index (χ2v) is 6.88. The van der Waals surface area contributed by atoms with Gasteiger partial charge in [0.15, 0.2) is 4.96 Å². The summed E-state index contributed by atoms with van der Waals surface area (Å²) in [6, 6.07) is 3.19. The summed E-state index contributed by atoms with van der Waals surface area (Å²) in [6.07, 6.45) is 3.03. The first-order valence-corrected chi connectivity index (χ1v) is 8.60. The highest BCUT2D eigenvalue weighted by atomic mass is 32.1. The zero-order valence-electron chi connectivity index (χ0n) is 13.3. The number of fused-ring (bicyclic) bond motifs is 1. The third-order valence-electron chi connectivity index (χ3n) is 4.20. The highest BCUT2D eigenvalue weighted by Gasteiger charge is 2.27. The molecule has 0 aromatic carbocycles. The van der Waals surface area contributed by atoms with Gasteiger partial charge in [0.25, 0.3) is 11.1 Å². The number of nitriles is 1. The molecule has 0 atom stereocenters. The van der Waals surface area contributed by atoms with E-state index >= 15 is 0 Å². The van der Waals surface area contributed by atoms with Crippen LogP contribution in [0.1, 0.15) is 35.8 Å². The van der Waals surface area contributed by atoms with Gasteiger partial charge in [-0.2, -0.15) is 5.26 Å². The Balaban J connectivity index is 1.88. The van der Waals surface area contributed by atoms with Crippen LogP contribution in [0.3, 0.4) is 0 Å². The maximum absolute atomic E-state index is 12.6. The second kappa shape index (κ2) is 5.53. The molecule has 0 bridgehead atoms. The van der Waals surface area contributed by atoms with E-state index in [9.17, 15) is 14.4 Å². The Kier molecular flexibility index (Phi) is 3.43. The molecule has 0 unspecified atom stereocenters. The van der Waals surface area contributed by atoms with Crippen molar-refractivity contribution in [1.82, 2.24) is 18.5 Å². The zero-order valence-corrected chi connectivity index (χ0v) is 14.1. The van der Waals surface area contributed by atoms with Gasteiger partial charge in [0.05, 0.1) is 12.2 Å². The Bertz CT molecular complexity index is 1220. The van der Waals surface area contributed by atoms with E-state index in [1.54, 1.807) is 6.92 Å². The van der Waals surface area contributed by atoms with Crippen molar-refractivity contribution in [2.75, 3.05) is 0 Å². The molecule has 0 saturated heterocycles. The lowest BCUT2D eigenvalue weighted by Gasteiger charge is -2.10. The summed E-state index contributed by atoms with van der Waals surface area (Å²) in [5, 5.41) is 11.0. The Hall–Kier alpha value is -2.99. The topological polar surface area (TPSA) is 102 Å². The molecule has 25 heavy (non-hydrogen) atoms. The standard InChI is InChI=1S/C16H13N5O3S/c1-9-8-25-15-18-11(4-13(22)21(9)15)7-20-14(23)10(5-17)6-19(16(20)24)12-2-3-12/h4,6,8,12H,2-3,7H2,1H3. The number of hydrogen-bond donors (Lipinski definition) is 0. The molecule has 9 heteroatoms. The minimum atomic E-state index is -0.659. The van der Waals surface area contributed by atoms with Crippen molar-refractivity contribution in [3.63, 3.8) is 0 Å². The number of hydrogen-bond acceptors (Lipinski definition) is 6. The average Bonchev–Trinajstić information content (AvgIpc) is 3.35. The van der Waals surface area contributed by atoms with E-state index in [1.807, 2.05) is 11.4 Å². The maximum atomic E-state index is 12.6. The van der Waals surface area contributed by atoms with Crippen LogP contribution in [-0.4, -0.2) is 18.5 Å². The van der Waals surface area contributed by atoms with Crippen molar-refractivity contribution in [3.05, 3.63) is 65.8 Å². The van der Waals surface area contributed by atoms with E-state index in [1.165, 1.54) is 32.6 Å².